The summed E-state index contributed by atoms with van der Waals surface area (Å²) in [4.78, 5) is 36.6. The molecule has 0 saturated carbocycles. The molecule has 0 bridgehead atoms. The zero-order valence-corrected chi connectivity index (χ0v) is 14.5. The Hall–Kier alpha value is -2.57. The van der Waals surface area contributed by atoms with Crippen LogP contribution in [-0.2, 0) is 20.8 Å². The van der Waals surface area contributed by atoms with Crippen molar-refractivity contribution in [2.45, 2.75) is 19.8 Å². The maximum atomic E-state index is 12.5. The number of nitrogens with zero attached hydrogens (tertiary/aromatic N) is 1. The van der Waals surface area contributed by atoms with E-state index in [0.29, 0.717) is 18.7 Å². The lowest BCUT2D eigenvalue weighted by Gasteiger charge is -2.34. The number of amides is 2. The number of rotatable bonds is 6. The predicted molar refractivity (Wildman–Crippen MR) is 91.2 cm³/mol. The Kier molecular flexibility index (Phi) is 6.38. The van der Waals surface area contributed by atoms with E-state index in [1.165, 1.54) is 7.05 Å². The normalized spacial score (nSPS) is 20.0. The Labute approximate surface area is 147 Å². The summed E-state index contributed by atoms with van der Waals surface area (Å²) >= 11 is 0. The van der Waals surface area contributed by atoms with Crippen molar-refractivity contribution in [2.75, 3.05) is 26.7 Å². The fourth-order valence-corrected chi connectivity index (χ4v) is 2.99. The van der Waals surface area contributed by atoms with Crippen molar-refractivity contribution in [3.05, 3.63) is 29.8 Å². The third-order valence-corrected chi connectivity index (χ3v) is 4.26. The van der Waals surface area contributed by atoms with Crippen LogP contribution in [0.15, 0.2) is 24.3 Å². The van der Waals surface area contributed by atoms with E-state index < -0.39 is 11.9 Å². The summed E-state index contributed by atoms with van der Waals surface area (Å²) in [6, 6.07) is 7.02. The van der Waals surface area contributed by atoms with Gasteiger partial charge in [0.15, 0.2) is 6.61 Å². The van der Waals surface area contributed by atoms with Crippen LogP contribution < -0.4 is 10.1 Å². The van der Waals surface area contributed by atoms with E-state index in [-0.39, 0.29) is 37.3 Å². The van der Waals surface area contributed by atoms with Gasteiger partial charge in [-0.25, -0.2) is 0 Å². The van der Waals surface area contributed by atoms with Gasteiger partial charge in [0.1, 0.15) is 5.75 Å². The average Bonchev–Trinajstić information content (AvgIpc) is 2.59. The molecule has 0 radical (unpaired) electrons. The second kappa shape index (κ2) is 8.50. The van der Waals surface area contributed by atoms with Crippen LogP contribution in [0.5, 0.6) is 5.75 Å². The van der Waals surface area contributed by atoms with Gasteiger partial charge < -0.3 is 20.1 Å². The van der Waals surface area contributed by atoms with Gasteiger partial charge in [0.25, 0.3) is 5.91 Å². The van der Waals surface area contributed by atoms with Crippen LogP contribution in [0, 0.1) is 11.8 Å². The van der Waals surface area contributed by atoms with Gasteiger partial charge in [0.2, 0.25) is 5.91 Å². The van der Waals surface area contributed by atoms with Crippen molar-refractivity contribution >= 4 is 17.8 Å². The number of nitrogens with one attached hydrogen (secondary N) is 1. The Balaban J connectivity index is 1.97. The molecule has 1 aromatic rings. The molecule has 2 unspecified atom stereocenters. The molecule has 2 rings (SSSR count). The highest BCUT2D eigenvalue weighted by atomic mass is 16.5. The Morgan fingerprint density at radius 3 is 2.76 bits per heavy atom. The zero-order chi connectivity index (χ0) is 18.4. The molecule has 7 heteroatoms. The average molecular weight is 348 g/mol. The molecule has 1 heterocycles. The number of carboxylic acids is 1. The van der Waals surface area contributed by atoms with Crippen molar-refractivity contribution in [3.63, 3.8) is 0 Å². The minimum atomic E-state index is -0.853. The molecular weight excluding hydrogens is 324 g/mol. The quantitative estimate of drug-likeness (QED) is 0.797. The van der Waals surface area contributed by atoms with Crippen molar-refractivity contribution in [2.24, 2.45) is 11.8 Å². The SMILES string of the molecule is CNC(=O)COc1cccc(CC(=O)N2CC(C)CC(C(=O)O)C2)c1. The smallest absolute Gasteiger partial charge is 0.308 e. The first kappa shape index (κ1) is 18.8. The van der Waals surface area contributed by atoms with Crippen LogP contribution in [0.25, 0.3) is 0 Å². The summed E-state index contributed by atoms with van der Waals surface area (Å²) in [7, 11) is 1.53. The number of hydrogen-bond donors (Lipinski definition) is 2. The number of aliphatic carboxylic acids is 1. The highest BCUT2D eigenvalue weighted by molar-refractivity contribution is 5.80. The molecule has 1 saturated heterocycles. The van der Waals surface area contributed by atoms with Gasteiger partial charge in [-0.2, -0.15) is 0 Å². The van der Waals surface area contributed by atoms with Gasteiger partial charge in [-0.05, 0) is 30.0 Å². The number of likely N-dealkylation sites (tertiary alicyclic amines) is 1. The number of likely N-dealkylation sites (N-methyl/N-ethyl adjacent to an activating group) is 1. The van der Waals surface area contributed by atoms with E-state index in [0.717, 1.165) is 5.56 Å². The lowest BCUT2D eigenvalue weighted by atomic mass is 9.90. The number of piperidine rings is 1. The Bertz CT molecular complexity index is 646. The van der Waals surface area contributed by atoms with Crippen molar-refractivity contribution in [3.8, 4) is 5.75 Å². The Morgan fingerprint density at radius 2 is 2.08 bits per heavy atom. The summed E-state index contributed by atoms with van der Waals surface area (Å²) in [5, 5.41) is 11.7. The molecule has 1 aromatic carbocycles. The maximum Gasteiger partial charge on any atom is 0.308 e. The van der Waals surface area contributed by atoms with E-state index in [4.69, 9.17) is 4.74 Å². The van der Waals surface area contributed by atoms with E-state index in [2.05, 4.69) is 5.32 Å². The molecule has 136 valence electrons. The van der Waals surface area contributed by atoms with Crippen LogP contribution >= 0.6 is 0 Å². The van der Waals surface area contributed by atoms with Gasteiger partial charge >= 0.3 is 5.97 Å². The van der Waals surface area contributed by atoms with Gasteiger partial charge in [-0.1, -0.05) is 19.1 Å². The largest absolute Gasteiger partial charge is 0.484 e. The molecule has 2 N–H and O–H groups in total. The van der Waals surface area contributed by atoms with Crippen LogP contribution in [0.1, 0.15) is 18.9 Å². The minimum absolute atomic E-state index is 0.0855. The number of hydrogen-bond acceptors (Lipinski definition) is 4. The van der Waals surface area contributed by atoms with Gasteiger partial charge in [-0.15, -0.1) is 0 Å². The molecule has 2 amide bonds. The number of ether oxygens (including phenoxy) is 1. The first-order chi connectivity index (χ1) is 11.9. The molecule has 0 aromatic heterocycles. The number of benzene rings is 1. The standard InChI is InChI=1S/C18H24N2O5/c1-12-6-14(18(23)24)10-20(9-12)17(22)8-13-4-3-5-15(7-13)25-11-16(21)19-2/h3-5,7,12,14H,6,8-11H2,1-2H3,(H,19,21)(H,23,24). The van der Waals surface area contributed by atoms with E-state index in [9.17, 15) is 19.5 Å². The topological polar surface area (TPSA) is 95.9 Å². The van der Waals surface area contributed by atoms with E-state index in [1.54, 1.807) is 23.1 Å². The third kappa shape index (κ3) is 5.48. The van der Waals surface area contributed by atoms with Crippen molar-refractivity contribution < 1.29 is 24.2 Å². The van der Waals surface area contributed by atoms with E-state index in [1.807, 2.05) is 13.0 Å². The van der Waals surface area contributed by atoms with Crippen LogP contribution in [0.4, 0.5) is 0 Å². The first-order valence-corrected chi connectivity index (χ1v) is 8.32. The van der Waals surface area contributed by atoms with Crippen LogP contribution in [-0.4, -0.2) is 54.5 Å². The summed E-state index contributed by atoms with van der Waals surface area (Å²) in [5.41, 5.74) is 0.768. The minimum Gasteiger partial charge on any atom is -0.484 e. The molecule has 7 nitrogen and oxygen atoms in total. The monoisotopic (exact) mass is 348 g/mol. The molecule has 1 aliphatic heterocycles. The maximum absolute atomic E-state index is 12.5. The number of carboxylic acid groups (broad SMARTS) is 1. The molecular formula is C18H24N2O5. The number of carbonyl (C=O) groups excluding carboxylic acids is 2. The summed E-state index contributed by atoms with van der Waals surface area (Å²) < 4.78 is 5.38. The molecule has 0 aliphatic carbocycles. The molecule has 1 aliphatic rings. The second-order valence-corrected chi connectivity index (χ2v) is 6.46. The molecule has 2 atom stereocenters. The fourth-order valence-electron chi connectivity index (χ4n) is 2.99. The van der Waals surface area contributed by atoms with E-state index >= 15 is 0 Å². The lowest BCUT2D eigenvalue weighted by molar-refractivity contribution is -0.146. The molecule has 1 fully saturated rings. The summed E-state index contributed by atoms with van der Waals surface area (Å²) in [6.45, 7) is 2.71. The summed E-state index contributed by atoms with van der Waals surface area (Å²) in [5.74, 6) is -1.00. The summed E-state index contributed by atoms with van der Waals surface area (Å²) in [6.07, 6.45) is 0.776. The van der Waals surface area contributed by atoms with Gasteiger partial charge in [-0.3, -0.25) is 14.4 Å². The lowest BCUT2D eigenvalue weighted by Crippen LogP contribution is -2.46. The second-order valence-electron chi connectivity index (χ2n) is 6.46. The highest BCUT2D eigenvalue weighted by Gasteiger charge is 2.31. The highest BCUT2D eigenvalue weighted by Crippen LogP contribution is 2.23. The van der Waals surface area contributed by atoms with Crippen LogP contribution in [0.2, 0.25) is 0 Å². The Morgan fingerprint density at radius 1 is 1.32 bits per heavy atom. The van der Waals surface area contributed by atoms with Gasteiger partial charge in [0.05, 0.1) is 12.3 Å². The van der Waals surface area contributed by atoms with Crippen molar-refractivity contribution in [1.29, 1.82) is 0 Å². The molecule has 0 spiro atoms. The van der Waals surface area contributed by atoms with Crippen molar-refractivity contribution in [1.82, 2.24) is 10.2 Å². The predicted octanol–water partition coefficient (Wildman–Crippen LogP) is 0.923. The fraction of sp³-hybridized carbons (Fsp3) is 0.500. The number of carbonyl (C=O) groups is 3. The third-order valence-electron chi connectivity index (χ3n) is 4.26. The first-order valence-electron chi connectivity index (χ1n) is 8.32. The zero-order valence-electron chi connectivity index (χ0n) is 14.5. The van der Waals surface area contributed by atoms with Gasteiger partial charge in [0, 0.05) is 20.1 Å². The van der Waals surface area contributed by atoms with Crippen LogP contribution in [0.3, 0.4) is 0 Å². The molecule has 25 heavy (non-hydrogen) atoms.